The number of likely N-dealkylation sites (N-methyl/N-ethyl adjacent to an activating group) is 1. The first-order valence-electron chi connectivity index (χ1n) is 7.56. The highest BCUT2D eigenvalue weighted by molar-refractivity contribution is 5.92. The Morgan fingerprint density at radius 2 is 1.86 bits per heavy atom. The molecule has 0 atom stereocenters. The van der Waals surface area contributed by atoms with E-state index in [4.69, 9.17) is 0 Å². The monoisotopic (exact) mass is 289 g/mol. The topological polar surface area (TPSA) is 70.2 Å². The van der Waals surface area contributed by atoms with Gasteiger partial charge in [-0.2, -0.15) is 0 Å². The Morgan fingerprint density at radius 1 is 1.19 bits per heavy atom. The molecule has 0 bridgehead atoms. The van der Waals surface area contributed by atoms with Gasteiger partial charge < -0.3 is 16.0 Å². The summed E-state index contributed by atoms with van der Waals surface area (Å²) in [5.41, 5.74) is 1.74. The Balaban J connectivity index is 1.86. The lowest BCUT2D eigenvalue weighted by atomic mass is 9.97. The molecule has 5 heteroatoms. The second-order valence-corrected chi connectivity index (χ2v) is 5.34. The third-order valence-electron chi connectivity index (χ3n) is 3.67. The van der Waals surface area contributed by atoms with Crippen LogP contribution in [-0.2, 0) is 16.0 Å². The molecule has 0 aliphatic carbocycles. The van der Waals surface area contributed by atoms with Gasteiger partial charge in [0.1, 0.15) is 0 Å². The minimum atomic E-state index is 0.0176. The molecular weight excluding hydrogens is 266 g/mol. The van der Waals surface area contributed by atoms with E-state index in [0.29, 0.717) is 13.0 Å². The predicted octanol–water partition coefficient (Wildman–Crippen LogP) is 1.30. The number of hydrogen-bond acceptors (Lipinski definition) is 3. The molecule has 0 aromatic heterocycles. The van der Waals surface area contributed by atoms with Crippen LogP contribution in [0.1, 0.15) is 25.3 Å². The number of carbonyl (C=O) groups is 2. The van der Waals surface area contributed by atoms with Gasteiger partial charge in [-0.05, 0) is 50.6 Å². The first-order chi connectivity index (χ1) is 10.2. The Morgan fingerprint density at radius 3 is 2.48 bits per heavy atom. The normalized spacial score (nSPS) is 15.5. The van der Waals surface area contributed by atoms with E-state index in [-0.39, 0.29) is 17.7 Å². The van der Waals surface area contributed by atoms with Gasteiger partial charge in [0.15, 0.2) is 0 Å². The third kappa shape index (κ3) is 4.86. The molecule has 1 aliphatic rings. The summed E-state index contributed by atoms with van der Waals surface area (Å²) in [6, 6.07) is 7.47. The van der Waals surface area contributed by atoms with Crippen LogP contribution in [0.25, 0.3) is 0 Å². The van der Waals surface area contributed by atoms with E-state index >= 15 is 0 Å². The first-order valence-corrected chi connectivity index (χ1v) is 7.56. The molecule has 2 amide bonds. The van der Waals surface area contributed by atoms with Crippen molar-refractivity contribution in [3.63, 3.8) is 0 Å². The highest BCUT2D eigenvalue weighted by atomic mass is 16.2. The van der Waals surface area contributed by atoms with Crippen LogP contribution in [0.2, 0.25) is 0 Å². The molecule has 0 unspecified atom stereocenters. The van der Waals surface area contributed by atoms with Crippen molar-refractivity contribution in [2.45, 2.75) is 26.2 Å². The van der Waals surface area contributed by atoms with Crippen molar-refractivity contribution in [2.24, 2.45) is 5.92 Å². The summed E-state index contributed by atoms with van der Waals surface area (Å²) >= 11 is 0. The number of hydrogen-bond donors (Lipinski definition) is 3. The van der Waals surface area contributed by atoms with Crippen LogP contribution in [0.15, 0.2) is 24.3 Å². The van der Waals surface area contributed by atoms with Crippen LogP contribution in [0, 0.1) is 5.92 Å². The van der Waals surface area contributed by atoms with Gasteiger partial charge >= 0.3 is 0 Å². The maximum Gasteiger partial charge on any atom is 0.227 e. The number of nitrogens with one attached hydrogen (secondary N) is 3. The van der Waals surface area contributed by atoms with E-state index in [1.165, 1.54) is 0 Å². The molecule has 5 nitrogen and oxygen atoms in total. The van der Waals surface area contributed by atoms with E-state index in [1.54, 1.807) is 0 Å². The molecule has 1 fully saturated rings. The Labute approximate surface area is 125 Å². The summed E-state index contributed by atoms with van der Waals surface area (Å²) in [5.74, 6) is 0.207. The number of anilines is 1. The van der Waals surface area contributed by atoms with Crippen LogP contribution in [0.3, 0.4) is 0 Å². The third-order valence-corrected chi connectivity index (χ3v) is 3.67. The van der Waals surface area contributed by atoms with E-state index in [1.807, 2.05) is 31.2 Å². The average Bonchev–Trinajstić information content (AvgIpc) is 2.50. The summed E-state index contributed by atoms with van der Waals surface area (Å²) in [6.07, 6.45) is 2.15. The lowest BCUT2D eigenvalue weighted by Crippen LogP contribution is -2.34. The van der Waals surface area contributed by atoms with E-state index in [2.05, 4.69) is 16.0 Å². The molecule has 1 heterocycles. The second kappa shape index (κ2) is 7.78. The fourth-order valence-electron chi connectivity index (χ4n) is 2.48. The van der Waals surface area contributed by atoms with Crippen molar-refractivity contribution in [1.82, 2.24) is 10.6 Å². The molecule has 1 aromatic rings. The molecule has 0 saturated carbocycles. The maximum absolute atomic E-state index is 12.1. The van der Waals surface area contributed by atoms with Crippen LogP contribution in [-0.4, -0.2) is 31.4 Å². The molecule has 0 spiro atoms. The highest BCUT2D eigenvalue weighted by Gasteiger charge is 2.20. The fourth-order valence-corrected chi connectivity index (χ4v) is 2.48. The van der Waals surface area contributed by atoms with Crippen molar-refractivity contribution < 1.29 is 9.59 Å². The molecule has 3 N–H and O–H groups in total. The lowest BCUT2D eigenvalue weighted by molar-refractivity contribution is -0.121. The minimum absolute atomic E-state index is 0.0176. The van der Waals surface area contributed by atoms with Gasteiger partial charge in [-0.3, -0.25) is 9.59 Å². The van der Waals surface area contributed by atoms with Crippen molar-refractivity contribution in [1.29, 1.82) is 0 Å². The number of rotatable bonds is 5. The summed E-state index contributed by atoms with van der Waals surface area (Å²) in [4.78, 5) is 23.6. The zero-order valence-corrected chi connectivity index (χ0v) is 12.4. The molecule has 1 aromatic carbocycles. The summed E-state index contributed by atoms with van der Waals surface area (Å²) in [5, 5.41) is 8.97. The van der Waals surface area contributed by atoms with E-state index in [0.717, 1.165) is 37.2 Å². The smallest absolute Gasteiger partial charge is 0.227 e. The van der Waals surface area contributed by atoms with Crippen molar-refractivity contribution in [3.05, 3.63) is 29.8 Å². The fraction of sp³-hybridized carbons (Fsp3) is 0.500. The molecule has 0 radical (unpaired) electrons. The van der Waals surface area contributed by atoms with Gasteiger partial charge in [0, 0.05) is 18.2 Å². The molecule has 1 saturated heterocycles. The zero-order valence-electron chi connectivity index (χ0n) is 12.4. The second-order valence-electron chi connectivity index (χ2n) is 5.34. The maximum atomic E-state index is 12.1. The van der Waals surface area contributed by atoms with Crippen molar-refractivity contribution in [2.75, 3.05) is 25.0 Å². The molecule has 2 rings (SSSR count). The first kappa shape index (κ1) is 15.5. The van der Waals surface area contributed by atoms with Gasteiger partial charge in [0.05, 0.1) is 6.42 Å². The predicted molar refractivity (Wildman–Crippen MR) is 83.1 cm³/mol. The largest absolute Gasteiger partial charge is 0.356 e. The molecule has 21 heavy (non-hydrogen) atoms. The van der Waals surface area contributed by atoms with Crippen molar-refractivity contribution >= 4 is 17.5 Å². The number of carbonyl (C=O) groups excluding carboxylic acids is 2. The van der Waals surface area contributed by atoms with Crippen LogP contribution in [0.4, 0.5) is 5.69 Å². The van der Waals surface area contributed by atoms with Gasteiger partial charge in [-0.25, -0.2) is 0 Å². The highest BCUT2D eigenvalue weighted by Crippen LogP contribution is 2.16. The summed E-state index contributed by atoms with van der Waals surface area (Å²) in [6.45, 7) is 4.35. The van der Waals surface area contributed by atoms with E-state index < -0.39 is 0 Å². The minimum Gasteiger partial charge on any atom is -0.356 e. The number of amides is 2. The average molecular weight is 289 g/mol. The number of piperidine rings is 1. The standard InChI is InChI=1S/C16H23N3O2/c1-2-18-15(20)11-12-3-5-14(6-4-12)19-16(21)13-7-9-17-10-8-13/h3-6,13,17H,2,7-11H2,1H3,(H,18,20)(H,19,21). The SMILES string of the molecule is CCNC(=O)Cc1ccc(NC(=O)C2CCNCC2)cc1. The summed E-state index contributed by atoms with van der Waals surface area (Å²) in [7, 11) is 0. The van der Waals surface area contributed by atoms with E-state index in [9.17, 15) is 9.59 Å². The zero-order chi connectivity index (χ0) is 15.1. The molecule has 1 aliphatic heterocycles. The Hall–Kier alpha value is -1.88. The quantitative estimate of drug-likeness (QED) is 0.765. The van der Waals surface area contributed by atoms with Crippen LogP contribution in [0.5, 0.6) is 0 Å². The summed E-state index contributed by atoms with van der Waals surface area (Å²) < 4.78 is 0. The molecule has 114 valence electrons. The molecular formula is C16H23N3O2. The van der Waals surface area contributed by atoms with Gasteiger partial charge in [-0.15, -0.1) is 0 Å². The Kier molecular flexibility index (Phi) is 5.75. The Bertz CT molecular complexity index is 479. The van der Waals surface area contributed by atoms with Gasteiger partial charge in [-0.1, -0.05) is 12.1 Å². The number of benzene rings is 1. The van der Waals surface area contributed by atoms with Gasteiger partial charge in [0.2, 0.25) is 11.8 Å². The van der Waals surface area contributed by atoms with Crippen LogP contribution < -0.4 is 16.0 Å². The van der Waals surface area contributed by atoms with Gasteiger partial charge in [0.25, 0.3) is 0 Å². The lowest BCUT2D eigenvalue weighted by Gasteiger charge is -2.21. The van der Waals surface area contributed by atoms with Crippen molar-refractivity contribution in [3.8, 4) is 0 Å². The van der Waals surface area contributed by atoms with Crippen LogP contribution >= 0.6 is 0 Å².